The Balaban J connectivity index is 2.81. The summed E-state index contributed by atoms with van der Waals surface area (Å²) in [6.07, 6.45) is 0.356. The van der Waals surface area contributed by atoms with Gasteiger partial charge in [-0.2, -0.15) is 0 Å². The van der Waals surface area contributed by atoms with Crippen molar-refractivity contribution in [3.8, 4) is 5.75 Å². The highest BCUT2D eigenvalue weighted by atomic mass is 127. The second-order valence-corrected chi connectivity index (χ2v) is 8.90. The van der Waals surface area contributed by atoms with E-state index in [0.29, 0.717) is 12.5 Å². The molecular formula is C18H29IN2O3. The molecule has 1 rings (SSSR count). The van der Waals surface area contributed by atoms with E-state index in [-0.39, 0.29) is 0 Å². The quantitative estimate of drug-likeness (QED) is 0.506. The molecule has 5 nitrogen and oxygen atoms in total. The molecule has 1 unspecified atom stereocenters. The van der Waals surface area contributed by atoms with Crippen LogP contribution in [0.25, 0.3) is 0 Å². The minimum atomic E-state index is -0.527. The molecule has 1 N–H and O–H groups in total. The number of hydrogen-bond donors (Lipinski definition) is 1. The zero-order valence-corrected chi connectivity index (χ0v) is 17.9. The average Bonchev–Trinajstić information content (AvgIpc) is 2.33. The maximum atomic E-state index is 12.2. The van der Waals surface area contributed by atoms with Gasteiger partial charge in [-0.05, 0) is 81.7 Å². The molecule has 0 aliphatic rings. The Morgan fingerprint density at radius 2 is 1.92 bits per heavy atom. The van der Waals surface area contributed by atoms with Gasteiger partial charge in [-0.15, -0.1) is 0 Å². The third-order valence-electron chi connectivity index (χ3n) is 3.21. The molecule has 0 saturated carbocycles. The number of rotatable bonds is 6. The number of carbonyl (C=O) groups excluding carboxylic acids is 1. The number of alkyl carbamates (subject to hydrolysis) is 1. The van der Waals surface area contributed by atoms with Crippen LogP contribution in [0.3, 0.4) is 0 Å². The number of amides is 1. The maximum absolute atomic E-state index is 12.2. The van der Waals surface area contributed by atoms with Crippen LogP contribution in [0.4, 0.5) is 4.79 Å². The molecule has 0 aromatic carbocycles. The SMILES string of the molecule is Cc1nc(I)ccc1OCC(C)(CC(C)C)NC(=O)OC(C)(C)C. The monoisotopic (exact) mass is 448 g/mol. The summed E-state index contributed by atoms with van der Waals surface area (Å²) in [6, 6.07) is 3.82. The first-order valence-corrected chi connectivity index (χ1v) is 9.25. The summed E-state index contributed by atoms with van der Waals surface area (Å²) >= 11 is 2.17. The van der Waals surface area contributed by atoms with Gasteiger partial charge in [0.2, 0.25) is 0 Å². The molecule has 0 bridgehead atoms. The molecule has 1 aromatic heterocycles. The number of aromatic nitrogens is 1. The van der Waals surface area contributed by atoms with Crippen LogP contribution < -0.4 is 10.1 Å². The third kappa shape index (κ3) is 7.68. The van der Waals surface area contributed by atoms with Crippen molar-refractivity contribution in [3.05, 3.63) is 21.5 Å². The zero-order valence-electron chi connectivity index (χ0n) is 15.7. The minimum Gasteiger partial charge on any atom is -0.489 e. The van der Waals surface area contributed by atoms with Crippen molar-refractivity contribution in [1.82, 2.24) is 10.3 Å². The molecule has 1 atom stereocenters. The van der Waals surface area contributed by atoms with E-state index in [1.807, 2.05) is 46.8 Å². The summed E-state index contributed by atoms with van der Waals surface area (Å²) in [5.41, 5.74) is -0.210. The Bertz CT molecular complexity index is 570. The van der Waals surface area contributed by atoms with Gasteiger partial charge in [0.25, 0.3) is 0 Å². The van der Waals surface area contributed by atoms with E-state index in [9.17, 15) is 4.79 Å². The molecule has 0 fully saturated rings. The van der Waals surface area contributed by atoms with Gasteiger partial charge in [0.15, 0.2) is 0 Å². The van der Waals surface area contributed by atoms with Gasteiger partial charge in [-0.1, -0.05) is 13.8 Å². The van der Waals surface area contributed by atoms with Crippen LogP contribution in [0.1, 0.15) is 53.7 Å². The summed E-state index contributed by atoms with van der Waals surface area (Å²) in [4.78, 5) is 16.6. The van der Waals surface area contributed by atoms with Gasteiger partial charge in [-0.25, -0.2) is 9.78 Å². The highest BCUT2D eigenvalue weighted by Crippen LogP contribution is 2.22. The van der Waals surface area contributed by atoms with Gasteiger partial charge in [0.1, 0.15) is 21.7 Å². The van der Waals surface area contributed by atoms with E-state index in [2.05, 4.69) is 46.7 Å². The lowest BCUT2D eigenvalue weighted by Crippen LogP contribution is -2.52. The first-order valence-electron chi connectivity index (χ1n) is 8.17. The van der Waals surface area contributed by atoms with Gasteiger partial charge in [-0.3, -0.25) is 0 Å². The Labute approximate surface area is 159 Å². The van der Waals surface area contributed by atoms with E-state index in [1.165, 1.54) is 0 Å². The van der Waals surface area contributed by atoms with Crippen LogP contribution >= 0.6 is 22.6 Å². The second kappa shape index (κ2) is 8.36. The number of carbonyl (C=O) groups is 1. The van der Waals surface area contributed by atoms with Gasteiger partial charge in [0, 0.05) is 0 Å². The number of halogens is 1. The summed E-state index contributed by atoms with van der Waals surface area (Å²) in [5, 5.41) is 2.97. The standard InChI is InChI=1S/C18H29IN2O3/c1-12(2)10-18(7,21-16(22)24-17(4,5)6)11-23-14-8-9-15(19)20-13(14)3/h8-9,12H,10-11H2,1-7H3,(H,21,22). The molecule has 0 aliphatic carbocycles. The summed E-state index contributed by atoms with van der Waals surface area (Å²) < 4.78 is 12.3. The fourth-order valence-corrected chi connectivity index (χ4v) is 3.05. The van der Waals surface area contributed by atoms with Crippen molar-refractivity contribution < 1.29 is 14.3 Å². The summed E-state index contributed by atoms with van der Waals surface area (Å²) in [5.74, 6) is 1.14. The predicted molar refractivity (Wildman–Crippen MR) is 104 cm³/mol. The highest BCUT2D eigenvalue weighted by Gasteiger charge is 2.31. The van der Waals surface area contributed by atoms with E-state index in [1.54, 1.807) is 0 Å². The molecular weight excluding hydrogens is 419 g/mol. The molecule has 1 amide bonds. The molecule has 0 aliphatic heterocycles. The maximum Gasteiger partial charge on any atom is 0.408 e. The Morgan fingerprint density at radius 3 is 2.42 bits per heavy atom. The Kier molecular flexibility index (Phi) is 7.31. The zero-order chi connectivity index (χ0) is 18.5. The summed E-state index contributed by atoms with van der Waals surface area (Å²) in [6.45, 7) is 14.0. The predicted octanol–water partition coefficient (Wildman–Crippen LogP) is 4.70. The fourth-order valence-electron chi connectivity index (χ4n) is 2.50. The highest BCUT2D eigenvalue weighted by molar-refractivity contribution is 14.1. The van der Waals surface area contributed by atoms with E-state index in [4.69, 9.17) is 9.47 Å². The molecule has 0 radical (unpaired) electrons. The van der Waals surface area contributed by atoms with Crippen LogP contribution in [-0.2, 0) is 4.74 Å². The number of ether oxygens (including phenoxy) is 2. The van der Waals surface area contributed by atoms with Crippen LogP contribution in [0.2, 0.25) is 0 Å². The summed E-state index contributed by atoms with van der Waals surface area (Å²) in [7, 11) is 0. The van der Waals surface area contributed by atoms with Crippen LogP contribution in [0.5, 0.6) is 5.75 Å². The molecule has 0 spiro atoms. The van der Waals surface area contributed by atoms with Crippen LogP contribution in [-0.4, -0.2) is 28.8 Å². The van der Waals surface area contributed by atoms with Crippen LogP contribution in [0, 0.1) is 16.5 Å². The van der Waals surface area contributed by atoms with E-state index in [0.717, 1.165) is 21.6 Å². The topological polar surface area (TPSA) is 60.5 Å². The van der Waals surface area contributed by atoms with Gasteiger partial charge >= 0.3 is 6.09 Å². The molecule has 6 heteroatoms. The van der Waals surface area contributed by atoms with Gasteiger partial charge < -0.3 is 14.8 Å². The molecule has 0 saturated heterocycles. The number of aryl methyl sites for hydroxylation is 1. The largest absolute Gasteiger partial charge is 0.489 e. The molecule has 136 valence electrons. The third-order valence-corrected chi connectivity index (χ3v) is 3.81. The number of nitrogens with one attached hydrogen (secondary N) is 1. The van der Waals surface area contributed by atoms with Crippen LogP contribution in [0.15, 0.2) is 12.1 Å². The average molecular weight is 448 g/mol. The minimum absolute atomic E-state index is 0.355. The van der Waals surface area contributed by atoms with Crippen molar-refractivity contribution in [2.75, 3.05) is 6.61 Å². The first kappa shape index (κ1) is 21.0. The van der Waals surface area contributed by atoms with E-state index < -0.39 is 17.2 Å². The number of pyridine rings is 1. The lowest BCUT2D eigenvalue weighted by Gasteiger charge is -2.33. The van der Waals surface area contributed by atoms with Crippen molar-refractivity contribution >= 4 is 28.7 Å². The number of nitrogens with zero attached hydrogens (tertiary/aromatic N) is 1. The Hall–Kier alpha value is -1.05. The number of hydrogen-bond acceptors (Lipinski definition) is 4. The van der Waals surface area contributed by atoms with Crippen molar-refractivity contribution in [2.45, 2.75) is 66.0 Å². The lowest BCUT2D eigenvalue weighted by molar-refractivity contribution is 0.0407. The molecule has 1 aromatic rings. The normalized spacial score (nSPS) is 14.2. The molecule has 1 heterocycles. The van der Waals surface area contributed by atoms with Crippen molar-refractivity contribution in [1.29, 1.82) is 0 Å². The fraction of sp³-hybridized carbons (Fsp3) is 0.667. The smallest absolute Gasteiger partial charge is 0.408 e. The van der Waals surface area contributed by atoms with Gasteiger partial charge in [0.05, 0.1) is 11.2 Å². The second-order valence-electron chi connectivity index (χ2n) is 7.79. The van der Waals surface area contributed by atoms with Crippen molar-refractivity contribution in [3.63, 3.8) is 0 Å². The lowest BCUT2D eigenvalue weighted by atomic mass is 9.91. The Morgan fingerprint density at radius 1 is 1.29 bits per heavy atom. The van der Waals surface area contributed by atoms with Crippen molar-refractivity contribution in [2.24, 2.45) is 5.92 Å². The van der Waals surface area contributed by atoms with E-state index >= 15 is 0 Å². The molecule has 24 heavy (non-hydrogen) atoms. The first-order chi connectivity index (χ1) is 10.9.